The smallest absolute Gasteiger partial charge is 0.325 e. The van der Waals surface area contributed by atoms with E-state index in [1.165, 1.54) is 0 Å². The van der Waals surface area contributed by atoms with Crippen molar-refractivity contribution in [3.63, 3.8) is 0 Å². The molecule has 1 atom stereocenters. The van der Waals surface area contributed by atoms with Gasteiger partial charge in [0.1, 0.15) is 6.04 Å². The molecular formula is C12H17NO2. The van der Waals surface area contributed by atoms with Gasteiger partial charge in [0.2, 0.25) is 0 Å². The number of aliphatic carboxylic acids is 1. The predicted molar refractivity (Wildman–Crippen MR) is 59.8 cm³/mol. The number of nitrogens with one attached hydrogen (secondary N) is 1. The average molecular weight is 207 g/mol. The lowest BCUT2D eigenvalue weighted by molar-refractivity contribution is -0.139. The van der Waals surface area contributed by atoms with Crippen molar-refractivity contribution in [3.8, 4) is 0 Å². The summed E-state index contributed by atoms with van der Waals surface area (Å²) < 4.78 is 0. The third kappa shape index (κ3) is 3.06. The minimum Gasteiger partial charge on any atom is -0.480 e. The Hall–Kier alpha value is -1.35. The van der Waals surface area contributed by atoms with Gasteiger partial charge in [-0.15, -0.1) is 0 Å². The van der Waals surface area contributed by atoms with Crippen LogP contribution in [0.25, 0.3) is 0 Å². The molecule has 0 spiro atoms. The molecule has 2 N–H and O–H groups in total. The van der Waals surface area contributed by atoms with Crippen molar-refractivity contribution in [1.82, 2.24) is 5.32 Å². The van der Waals surface area contributed by atoms with E-state index in [0.717, 1.165) is 11.1 Å². The maximum absolute atomic E-state index is 11.1. The van der Waals surface area contributed by atoms with Gasteiger partial charge in [0.05, 0.1) is 0 Å². The lowest BCUT2D eigenvalue weighted by atomic mass is 10.0. The van der Waals surface area contributed by atoms with Gasteiger partial charge in [0.15, 0.2) is 0 Å². The van der Waals surface area contributed by atoms with Crippen LogP contribution in [0.15, 0.2) is 24.3 Å². The Morgan fingerprint density at radius 3 is 2.40 bits per heavy atom. The van der Waals surface area contributed by atoms with Crippen LogP contribution in [0.2, 0.25) is 0 Å². The SMILES string of the molecule is Cc1ccccc1C(NC(C)C)C(=O)O. The lowest BCUT2D eigenvalue weighted by Gasteiger charge is -2.19. The summed E-state index contributed by atoms with van der Waals surface area (Å²) in [6.45, 7) is 5.80. The topological polar surface area (TPSA) is 49.3 Å². The molecule has 0 saturated carbocycles. The van der Waals surface area contributed by atoms with Crippen molar-refractivity contribution in [2.45, 2.75) is 32.9 Å². The number of hydrogen-bond acceptors (Lipinski definition) is 2. The number of carbonyl (C=O) groups is 1. The zero-order chi connectivity index (χ0) is 11.4. The highest BCUT2D eigenvalue weighted by Gasteiger charge is 2.21. The van der Waals surface area contributed by atoms with E-state index < -0.39 is 12.0 Å². The first kappa shape index (κ1) is 11.7. The van der Waals surface area contributed by atoms with Gasteiger partial charge in [0, 0.05) is 6.04 Å². The zero-order valence-electron chi connectivity index (χ0n) is 9.32. The summed E-state index contributed by atoms with van der Waals surface area (Å²) in [5.74, 6) is -0.835. The molecule has 0 aliphatic carbocycles. The second-order valence-electron chi connectivity index (χ2n) is 3.95. The predicted octanol–water partition coefficient (Wildman–Crippen LogP) is 2.12. The van der Waals surface area contributed by atoms with Crippen LogP contribution in [-0.2, 0) is 4.79 Å². The van der Waals surface area contributed by atoms with E-state index in [-0.39, 0.29) is 6.04 Å². The van der Waals surface area contributed by atoms with E-state index in [0.29, 0.717) is 0 Å². The molecule has 0 fully saturated rings. The van der Waals surface area contributed by atoms with Crippen LogP contribution in [-0.4, -0.2) is 17.1 Å². The van der Waals surface area contributed by atoms with Gasteiger partial charge < -0.3 is 5.11 Å². The highest BCUT2D eigenvalue weighted by Crippen LogP contribution is 2.18. The van der Waals surface area contributed by atoms with Crippen LogP contribution in [0.3, 0.4) is 0 Å². The number of rotatable bonds is 4. The van der Waals surface area contributed by atoms with Crippen molar-refractivity contribution in [1.29, 1.82) is 0 Å². The Morgan fingerprint density at radius 2 is 1.93 bits per heavy atom. The van der Waals surface area contributed by atoms with Crippen molar-refractivity contribution < 1.29 is 9.90 Å². The molecular weight excluding hydrogens is 190 g/mol. The molecule has 0 amide bonds. The number of hydrogen-bond donors (Lipinski definition) is 2. The molecule has 1 aromatic rings. The number of aryl methyl sites for hydroxylation is 1. The Morgan fingerprint density at radius 1 is 1.33 bits per heavy atom. The van der Waals surface area contributed by atoms with Gasteiger partial charge in [-0.05, 0) is 31.9 Å². The van der Waals surface area contributed by atoms with Crippen LogP contribution in [0.4, 0.5) is 0 Å². The third-order valence-electron chi connectivity index (χ3n) is 2.25. The fourth-order valence-corrected chi connectivity index (χ4v) is 1.54. The van der Waals surface area contributed by atoms with E-state index in [1.54, 1.807) is 0 Å². The summed E-state index contributed by atoms with van der Waals surface area (Å²) in [6, 6.07) is 7.07. The normalized spacial score (nSPS) is 12.8. The minimum absolute atomic E-state index is 0.144. The summed E-state index contributed by atoms with van der Waals surface area (Å²) in [7, 11) is 0. The summed E-state index contributed by atoms with van der Waals surface area (Å²) in [5.41, 5.74) is 1.83. The van der Waals surface area contributed by atoms with E-state index in [1.807, 2.05) is 45.0 Å². The molecule has 0 aromatic heterocycles. The Kier molecular flexibility index (Phi) is 3.86. The molecule has 15 heavy (non-hydrogen) atoms. The standard InChI is InChI=1S/C12H17NO2/c1-8(2)13-11(12(14)15)10-7-5-4-6-9(10)3/h4-8,11,13H,1-3H3,(H,14,15). The molecule has 0 heterocycles. The second kappa shape index (κ2) is 4.94. The number of carboxylic acids is 1. The largest absolute Gasteiger partial charge is 0.480 e. The maximum atomic E-state index is 11.1. The highest BCUT2D eigenvalue weighted by molar-refractivity contribution is 5.76. The van der Waals surface area contributed by atoms with Crippen molar-refractivity contribution >= 4 is 5.97 Å². The molecule has 0 bridgehead atoms. The fraction of sp³-hybridized carbons (Fsp3) is 0.417. The van der Waals surface area contributed by atoms with Crippen LogP contribution >= 0.6 is 0 Å². The summed E-state index contributed by atoms with van der Waals surface area (Å²) in [4.78, 5) is 11.1. The lowest BCUT2D eigenvalue weighted by Crippen LogP contribution is -2.34. The molecule has 0 aliphatic rings. The Bertz CT molecular complexity index is 347. The van der Waals surface area contributed by atoms with Crippen LogP contribution in [0.1, 0.15) is 31.0 Å². The zero-order valence-corrected chi connectivity index (χ0v) is 9.32. The molecule has 0 aliphatic heterocycles. The van der Waals surface area contributed by atoms with Gasteiger partial charge >= 0.3 is 5.97 Å². The van der Waals surface area contributed by atoms with Gasteiger partial charge in [-0.25, -0.2) is 0 Å². The summed E-state index contributed by atoms with van der Waals surface area (Å²) in [5, 5.41) is 12.2. The molecule has 1 aromatic carbocycles. The first-order chi connectivity index (χ1) is 7.02. The molecule has 1 rings (SSSR count). The molecule has 1 unspecified atom stereocenters. The van der Waals surface area contributed by atoms with Gasteiger partial charge in [-0.3, -0.25) is 10.1 Å². The van der Waals surface area contributed by atoms with Gasteiger partial charge in [0.25, 0.3) is 0 Å². The average Bonchev–Trinajstić information content (AvgIpc) is 2.15. The van der Waals surface area contributed by atoms with Crippen molar-refractivity contribution in [2.24, 2.45) is 0 Å². The third-order valence-corrected chi connectivity index (χ3v) is 2.25. The van der Waals surface area contributed by atoms with Gasteiger partial charge in [-0.1, -0.05) is 24.3 Å². The molecule has 0 radical (unpaired) electrons. The van der Waals surface area contributed by atoms with Crippen LogP contribution in [0, 0.1) is 6.92 Å². The first-order valence-corrected chi connectivity index (χ1v) is 5.06. The van der Waals surface area contributed by atoms with Crippen LogP contribution in [0.5, 0.6) is 0 Å². The van der Waals surface area contributed by atoms with E-state index in [9.17, 15) is 4.79 Å². The maximum Gasteiger partial charge on any atom is 0.325 e. The molecule has 3 nitrogen and oxygen atoms in total. The van der Waals surface area contributed by atoms with E-state index in [2.05, 4.69) is 5.32 Å². The monoisotopic (exact) mass is 207 g/mol. The number of benzene rings is 1. The van der Waals surface area contributed by atoms with Crippen molar-refractivity contribution in [3.05, 3.63) is 35.4 Å². The molecule has 3 heteroatoms. The Balaban J connectivity index is 2.99. The fourth-order valence-electron chi connectivity index (χ4n) is 1.54. The van der Waals surface area contributed by atoms with Gasteiger partial charge in [-0.2, -0.15) is 0 Å². The van der Waals surface area contributed by atoms with E-state index in [4.69, 9.17) is 5.11 Å². The Labute approximate surface area is 90.1 Å². The quantitative estimate of drug-likeness (QED) is 0.795. The highest BCUT2D eigenvalue weighted by atomic mass is 16.4. The van der Waals surface area contributed by atoms with E-state index >= 15 is 0 Å². The van der Waals surface area contributed by atoms with Crippen molar-refractivity contribution in [2.75, 3.05) is 0 Å². The summed E-state index contributed by atoms with van der Waals surface area (Å²) >= 11 is 0. The second-order valence-corrected chi connectivity index (χ2v) is 3.95. The molecule has 82 valence electrons. The number of carboxylic acid groups (broad SMARTS) is 1. The molecule has 0 saturated heterocycles. The van der Waals surface area contributed by atoms with Crippen LogP contribution < -0.4 is 5.32 Å². The minimum atomic E-state index is -0.835. The first-order valence-electron chi connectivity index (χ1n) is 5.06. The summed E-state index contributed by atoms with van der Waals surface area (Å²) in [6.07, 6.45) is 0.